The van der Waals surface area contributed by atoms with Crippen LogP contribution in [0.1, 0.15) is 60.5 Å². The quantitative estimate of drug-likeness (QED) is 0.845. The van der Waals surface area contributed by atoms with Gasteiger partial charge in [-0.05, 0) is 87.2 Å². The van der Waals surface area contributed by atoms with Crippen molar-refractivity contribution in [3.63, 3.8) is 0 Å². The molecule has 0 aromatic heterocycles. The second-order valence-electron chi connectivity index (χ2n) is 7.35. The van der Waals surface area contributed by atoms with Gasteiger partial charge in [-0.1, -0.05) is 13.0 Å². The van der Waals surface area contributed by atoms with Gasteiger partial charge in [0.25, 0.3) is 5.91 Å². The van der Waals surface area contributed by atoms with Gasteiger partial charge in [0.1, 0.15) is 0 Å². The zero-order valence-electron chi connectivity index (χ0n) is 14.4. The van der Waals surface area contributed by atoms with Gasteiger partial charge in [-0.3, -0.25) is 4.79 Å². The van der Waals surface area contributed by atoms with Gasteiger partial charge in [-0.2, -0.15) is 0 Å². The maximum Gasteiger partial charge on any atom is 0.251 e. The van der Waals surface area contributed by atoms with E-state index in [-0.39, 0.29) is 5.91 Å². The van der Waals surface area contributed by atoms with E-state index < -0.39 is 0 Å². The Labute approximate surface area is 140 Å². The fourth-order valence-corrected chi connectivity index (χ4v) is 3.97. The summed E-state index contributed by atoms with van der Waals surface area (Å²) in [7, 11) is 0. The number of nitrogens with zero attached hydrogens (tertiary/aromatic N) is 1. The second-order valence-corrected chi connectivity index (χ2v) is 7.35. The highest BCUT2D eigenvalue weighted by atomic mass is 16.1. The first-order chi connectivity index (χ1) is 11.2. The number of fused-ring (bicyclic) bond motifs is 1. The van der Waals surface area contributed by atoms with Crippen molar-refractivity contribution in [3.8, 4) is 0 Å². The highest BCUT2D eigenvalue weighted by Crippen LogP contribution is 2.22. The Bertz CT molecular complexity index is 540. The maximum atomic E-state index is 12.3. The normalized spacial score (nSPS) is 21.7. The van der Waals surface area contributed by atoms with Crippen molar-refractivity contribution >= 4 is 5.91 Å². The molecule has 1 amide bonds. The molecule has 1 aliphatic carbocycles. The highest BCUT2D eigenvalue weighted by molar-refractivity contribution is 5.94. The average molecular weight is 314 g/mol. The van der Waals surface area contributed by atoms with Gasteiger partial charge in [-0.15, -0.1) is 0 Å². The molecule has 1 saturated heterocycles. The van der Waals surface area contributed by atoms with E-state index in [1.165, 1.54) is 56.3 Å². The van der Waals surface area contributed by atoms with Gasteiger partial charge in [-0.25, -0.2) is 0 Å². The van der Waals surface area contributed by atoms with Crippen LogP contribution in [-0.4, -0.2) is 37.0 Å². The van der Waals surface area contributed by atoms with Crippen LogP contribution in [0.2, 0.25) is 0 Å². The lowest BCUT2D eigenvalue weighted by atomic mass is 9.90. The summed E-state index contributed by atoms with van der Waals surface area (Å²) in [6, 6.07) is 6.25. The van der Waals surface area contributed by atoms with Crippen LogP contribution < -0.4 is 5.32 Å². The minimum absolute atomic E-state index is 0.0883. The monoisotopic (exact) mass is 314 g/mol. The van der Waals surface area contributed by atoms with Crippen LogP contribution in [0.15, 0.2) is 18.2 Å². The molecule has 126 valence electrons. The number of likely N-dealkylation sites (tertiary alicyclic amines) is 1. The minimum atomic E-state index is 0.0883. The van der Waals surface area contributed by atoms with Crippen LogP contribution in [0.4, 0.5) is 0 Å². The van der Waals surface area contributed by atoms with E-state index in [1.54, 1.807) is 0 Å². The number of nitrogens with one attached hydrogen (secondary N) is 1. The predicted molar refractivity (Wildman–Crippen MR) is 94.9 cm³/mol. The highest BCUT2D eigenvalue weighted by Gasteiger charge is 2.16. The lowest BCUT2D eigenvalue weighted by Gasteiger charge is -2.30. The lowest BCUT2D eigenvalue weighted by molar-refractivity contribution is 0.0950. The van der Waals surface area contributed by atoms with Crippen molar-refractivity contribution in [3.05, 3.63) is 34.9 Å². The van der Waals surface area contributed by atoms with E-state index >= 15 is 0 Å². The lowest BCUT2D eigenvalue weighted by Crippen LogP contribution is -2.36. The van der Waals surface area contributed by atoms with Gasteiger partial charge in [0.05, 0.1) is 0 Å². The molecule has 1 aromatic rings. The van der Waals surface area contributed by atoms with Crippen molar-refractivity contribution in [2.45, 2.75) is 51.9 Å². The first-order valence-electron chi connectivity index (χ1n) is 9.35. The summed E-state index contributed by atoms with van der Waals surface area (Å²) in [4.78, 5) is 14.8. The van der Waals surface area contributed by atoms with E-state index in [0.717, 1.165) is 37.4 Å². The zero-order valence-corrected chi connectivity index (χ0v) is 14.4. The molecule has 0 radical (unpaired) electrons. The molecule has 23 heavy (non-hydrogen) atoms. The van der Waals surface area contributed by atoms with Crippen LogP contribution in [-0.2, 0) is 12.8 Å². The number of hydrogen-bond acceptors (Lipinski definition) is 2. The van der Waals surface area contributed by atoms with Crippen molar-refractivity contribution in [1.82, 2.24) is 10.2 Å². The molecule has 3 nitrogen and oxygen atoms in total. The Morgan fingerprint density at radius 1 is 1.22 bits per heavy atom. The molecule has 1 aromatic carbocycles. The maximum absolute atomic E-state index is 12.3. The molecule has 0 bridgehead atoms. The van der Waals surface area contributed by atoms with Crippen molar-refractivity contribution in [1.29, 1.82) is 0 Å². The smallest absolute Gasteiger partial charge is 0.251 e. The molecule has 2 aliphatic rings. The van der Waals surface area contributed by atoms with E-state index in [0.29, 0.717) is 0 Å². The molecule has 0 spiro atoms. The third kappa shape index (κ3) is 4.57. The van der Waals surface area contributed by atoms with Crippen molar-refractivity contribution in [2.75, 3.05) is 26.2 Å². The van der Waals surface area contributed by atoms with E-state index in [9.17, 15) is 4.79 Å². The molecule has 0 saturated carbocycles. The molecular formula is C20H30N2O. The van der Waals surface area contributed by atoms with Crippen molar-refractivity contribution < 1.29 is 4.79 Å². The minimum Gasteiger partial charge on any atom is -0.352 e. The molecule has 1 N–H and O–H groups in total. The molecule has 3 heteroatoms. The summed E-state index contributed by atoms with van der Waals surface area (Å²) >= 11 is 0. The first-order valence-corrected chi connectivity index (χ1v) is 9.35. The van der Waals surface area contributed by atoms with Gasteiger partial charge in [0, 0.05) is 18.7 Å². The zero-order chi connectivity index (χ0) is 16.1. The second kappa shape index (κ2) is 7.96. The van der Waals surface area contributed by atoms with Gasteiger partial charge < -0.3 is 10.2 Å². The molecule has 1 aliphatic heterocycles. The summed E-state index contributed by atoms with van der Waals surface area (Å²) in [5.41, 5.74) is 3.65. The van der Waals surface area contributed by atoms with E-state index in [4.69, 9.17) is 0 Å². The number of piperidine rings is 1. The molecule has 1 atom stereocenters. The van der Waals surface area contributed by atoms with Crippen molar-refractivity contribution in [2.24, 2.45) is 5.92 Å². The Hall–Kier alpha value is -1.35. The molecular weight excluding hydrogens is 284 g/mol. The number of hydrogen-bond donors (Lipinski definition) is 1. The molecule has 0 unspecified atom stereocenters. The largest absolute Gasteiger partial charge is 0.352 e. The number of rotatable bonds is 5. The average Bonchev–Trinajstić information content (AvgIpc) is 2.58. The Morgan fingerprint density at radius 2 is 2.04 bits per heavy atom. The first kappa shape index (κ1) is 16.5. The number of aryl methyl sites for hydroxylation is 2. The number of carbonyl (C=O) groups is 1. The standard InChI is InChI=1S/C20H30N2O/c1-16-6-4-12-22(15-16)13-5-11-21-20(23)19-10-9-17-7-2-3-8-18(17)14-19/h9-10,14,16H,2-8,11-13,15H2,1H3,(H,21,23)/t16-/m0/s1. The third-order valence-corrected chi connectivity index (χ3v) is 5.29. The van der Waals surface area contributed by atoms with E-state index in [2.05, 4.69) is 29.3 Å². The Morgan fingerprint density at radius 3 is 2.87 bits per heavy atom. The SMILES string of the molecule is C[C@H]1CCCN(CCCNC(=O)c2ccc3c(c2)CCCC3)C1. The summed E-state index contributed by atoms with van der Waals surface area (Å²) in [6.45, 7) is 6.67. The summed E-state index contributed by atoms with van der Waals surface area (Å²) in [5, 5.41) is 3.09. The Kier molecular flexibility index (Phi) is 5.71. The predicted octanol–water partition coefficient (Wildman–Crippen LogP) is 3.42. The summed E-state index contributed by atoms with van der Waals surface area (Å²) in [5.74, 6) is 0.916. The van der Waals surface area contributed by atoms with Crippen LogP contribution in [0.3, 0.4) is 0 Å². The van der Waals surface area contributed by atoms with Crippen LogP contribution in [0.25, 0.3) is 0 Å². The summed E-state index contributed by atoms with van der Waals surface area (Å²) in [6.07, 6.45) is 8.58. The van der Waals surface area contributed by atoms with Gasteiger partial charge in [0.2, 0.25) is 0 Å². The Balaban J connectivity index is 1.42. The van der Waals surface area contributed by atoms with Gasteiger partial charge in [0.15, 0.2) is 0 Å². The number of carbonyl (C=O) groups excluding carboxylic acids is 1. The summed E-state index contributed by atoms with van der Waals surface area (Å²) < 4.78 is 0. The molecule has 1 heterocycles. The molecule has 3 rings (SSSR count). The van der Waals surface area contributed by atoms with E-state index in [1.807, 2.05) is 6.07 Å². The topological polar surface area (TPSA) is 32.3 Å². The molecule has 1 fully saturated rings. The number of benzene rings is 1. The van der Waals surface area contributed by atoms with Gasteiger partial charge >= 0.3 is 0 Å². The third-order valence-electron chi connectivity index (χ3n) is 5.29. The van der Waals surface area contributed by atoms with Crippen LogP contribution in [0, 0.1) is 5.92 Å². The fourth-order valence-electron chi connectivity index (χ4n) is 3.97. The van der Waals surface area contributed by atoms with Crippen LogP contribution in [0.5, 0.6) is 0 Å². The number of amides is 1. The van der Waals surface area contributed by atoms with Crippen LogP contribution >= 0.6 is 0 Å². The fraction of sp³-hybridized carbons (Fsp3) is 0.650.